The third-order valence-corrected chi connectivity index (χ3v) is 9.35. The molecule has 1 fully saturated rings. The van der Waals surface area contributed by atoms with Gasteiger partial charge in [-0.15, -0.1) is 0 Å². The normalized spacial score (nSPS) is 13.9. The highest BCUT2D eigenvalue weighted by atomic mass is 19.1. The number of hydrogen-bond donors (Lipinski definition) is 2. The van der Waals surface area contributed by atoms with Crippen LogP contribution in [0.1, 0.15) is 83.0 Å². The fourth-order valence-electron chi connectivity index (χ4n) is 6.59. The molecule has 0 spiro atoms. The van der Waals surface area contributed by atoms with Gasteiger partial charge in [-0.25, -0.2) is 14.2 Å². The molecule has 5 aromatic rings. The fraction of sp³-hybridized carbons (Fsp3) is 0.279. The number of amides is 4. The first kappa shape index (κ1) is 37.7. The van der Waals surface area contributed by atoms with Gasteiger partial charge in [-0.3, -0.25) is 14.4 Å². The molecule has 2 heterocycles. The highest BCUT2D eigenvalue weighted by Gasteiger charge is 2.30. The van der Waals surface area contributed by atoms with E-state index in [4.69, 9.17) is 4.74 Å². The summed E-state index contributed by atoms with van der Waals surface area (Å²) in [7, 11) is 1.64. The molecule has 1 saturated heterocycles. The first-order chi connectivity index (χ1) is 25.8. The van der Waals surface area contributed by atoms with Crippen molar-refractivity contribution in [3.05, 3.63) is 143 Å². The average molecular weight is 730 g/mol. The van der Waals surface area contributed by atoms with E-state index in [9.17, 15) is 23.6 Å². The second-order valence-electron chi connectivity index (χ2n) is 14.5. The van der Waals surface area contributed by atoms with Gasteiger partial charge in [0.15, 0.2) is 0 Å². The number of carbonyl (C=O) groups is 4. The largest absolute Gasteiger partial charge is 0.444 e. The van der Waals surface area contributed by atoms with Gasteiger partial charge in [0.1, 0.15) is 23.3 Å². The molecule has 0 unspecified atom stereocenters. The van der Waals surface area contributed by atoms with Crippen LogP contribution in [-0.4, -0.2) is 64.3 Å². The van der Waals surface area contributed by atoms with Crippen LogP contribution >= 0.6 is 0 Å². The van der Waals surface area contributed by atoms with Gasteiger partial charge in [0.25, 0.3) is 11.8 Å². The number of nitrogens with zero attached hydrogens (tertiary/aromatic N) is 3. The van der Waals surface area contributed by atoms with Crippen molar-refractivity contribution in [3.63, 3.8) is 0 Å². The number of ether oxygens (including phenoxy) is 1. The van der Waals surface area contributed by atoms with Crippen LogP contribution in [0.4, 0.5) is 15.0 Å². The highest BCUT2D eigenvalue weighted by molar-refractivity contribution is 6.06. The van der Waals surface area contributed by atoms with E-state index in [-0.39, 0.29) is 36.2 Å². The van der Waals surface area contributed by atoms with Gasteiger partial charge in [0.2, 0.25) is 5.91 Å². The molecular weight excluding hydrogens is 686 g/mol. The Hall–Kier alpha value is -6.10. The summed E-state index contributed by atoms with van der Waals surface area (Å²) < 4.78 is 19.0. The highest BCUT2D eigenvalue weighted by Crippen LogP contribution is 2.32. The summed E-state index contributed by atoms with van der Waals surface area (Å²) in [6, 6.07) is 30.0. The minimum Gasteiger partial charge on any atom is -0.444 e. The Bertz CT molecular complexity index is 2140. The maximum Gasteiger partial charge on any atom is 0.410 e. The van der Waals surface area contributed by atoms with E-state index in [1.165, 1.54) is 17.0 Å². The maximum absolute atomic E-state index is 13.7. The molecule has 1 aromatic heterocycles. The molecular formula is C43H44FN5O5. The summed E-state index contributed by atoms with van der Waals surface area (Å²) in [6.45, 7) is 6.86. The van der Waals surface area contributed by atoms with Gasteiger partial charge in [0.05, 0.1) is 5.52 Å². The average Bonchev–Trinajstić information content (AvgIpc) is 3.17. The number of anilines is 1. The Morgan fingerprint density at radius 1 is 0.870 bits per heavy atom. The molecule has 2 N–H and O–H groups in total. The summed E-state index contributed by atoms with van der Waals surface area (Å²) in [4.78, 5) is 61.3. The summed E-state index contributed by atoms with van der Waals surface area (Å²) in [5.74, 6) is -0.954. The van der Waals surface area contributed by atoms with Crippen LogP contribution in [0.3, 0.4) is 0 Å². The molecule has 4 aromatic carbocycles. The molecule has 10 nitrogen and oxygen atoms in total. The number of piperidine rings is 1. The lowest BCUT2D eigenvalue weighted by molar-refractivity contribution is -0.132. The molecule has 1 aliphatic rings. The third kappa shape index (κ3) is 9.27. The Balaban J connectivity index is 1.12. The monoisotopic (exact) mass is 729 g/mol. The molecule has 0 bridgehead atoms. The number of fused-ring (bicyclic) bond motifs is 1. The zero-order chi connectivity index (χ0) is 38.4. The summed E-state index contributed by atoms with van der Waals surface area (Å²) in [6.07, 6.45) is 1.10. The van der Waals surface area contributed by atoms with Crippen molar-refractivity contribution in [3.8, 4) is 0 Å². The molecule has 278 valence electrons. The first-order valence-electron chi connectivity index (χ1n) is 18.0. The SMILES string of the molecule is CN(Cc1ccc(F)cc1)C(=O)[C@@H](NC(=O)c1ccc2nc(NC(=O)c3ccccc3C3CCN(C(=O)OC(C)(C)C)CC3)ccc2c1)c1ccccc1. The van der Waals surface area contributed by atoms with Crippen LogP contribution in [0.15, 0.2) is 109 Å². The molecule has 1 atom stereocenters. The zero-order valence-corrected chi connectivity index (χ0v) is 30.8. The topological polar surface area (TPSA) is 121 Å². The van der Waals surface area contributed by atoms with Crippen molar-refractivity contribution in [2.24, 2.45) is 0 Å². The van der Waals surface area contributed by atoms with Crippen molar-refractivity contribution >= 4 is 40.5 Å². The molecule has 0 saturated carbocycles. The van der Waals surface area contributed by atoms with Crippen LogP contribution in [0.25, 0.3) is 10.9 Å². The van der Waals surface area contributed by atoms with Gasteiger partial charge < -0.3 is 25.2 Å². The summed E-state index contributed by atoms with van der Waals surface area (Å²) in [5.41, 5.74) is 3.19. The zero-order valence-electron chi connectivity index (χ0n) is 30.8. The van der Waals surface area contributed by atoms with E-state index in [1.54, 1.807) is 84.7 Å². The number of likely N-dealkylation sites (N-methyl/N-ethyl adjacent to an activating group) is 1. The van der Waals surface area contributed by atoms with E-state index in [1.807, 2.05) is 45.0 Å². The van der Waals surface area contributed by atoms with Crippen LogP contribution < -0.4 is 10.6 Å². The summed E-state index contributed by atoms with van der Waals surface area (Å²) in [5, 5.41) is 6.51. The number of nitrogens with one attached hydrogen (secondary N) is 2. The lowest BCUT2D eigenvalue weighted by Crippen LogP contribution is -2.41. The number of halogens is 1. The van der Waals surface area contributed by atoms with Crippen molar-refractivity contribution in [2.75, 3.05) is 25.5 Å². The molecule has 6 rings (SSSR count). The van der Waals surface area contributed by atoms with Gasteiger partial charge in [-0.1, -0.05) is 60.7 Å². The van der Waals surface area contributed by atoms with Gasteiger partial charge in [0, 0.05) is 43.2 Å². The van der Waals surface area contributed by atoms with Crippen LogP contribution in [-0.2, 0) is 16.1 Å². The maximum atomic E-state index is 13.7. The second kappa shape index (κ2) is 16.3. The van der Waals surface area contributed by atoms with Gasteiger partial charge in [-0.2, -0.15) is 0 Å². The molecule has 1 aliphatic heterocycles. The number of hydrogen-bond acceptors (Lipinski definition) is 6. The van der Waals surface area contributed by atoms with Crippen molar-refractivity contribution in [1.82, 2.24) is 20.1 Å². The van der Waals surface area contributed by atoms with E-state index in [0.29, 0.717) is 59.3 Å². The standard InChI is InChI=1S/C43H44FN5O5/c1-43(2,3)54-42(53)49-24-22-29(23-25-49)34-12-8-9-13-35(34)40(51)46-37-21-17-31-26-32(16-20-36(31)45-37)39(50)47-38(30-10-6-5-7-11-30)41(52)48(4)27-28-14-18-33(44)19-15-28/h5-21,26,29,38H,22-25,27H2,1-4H3,(H,47,50)(H,45,46,51)/t38-/m0/s1. The lowest BCUT2D eigenvalue weighted by Gasteiger charge is -2.34. The Labute approximate surface area is 314 Å². The molecule has 4 amide bonds. The minimum absolute atomic E-state index is 0.103. The summed E-state index contributed by atoms with van der Waals surface area (Å²) >= 11 is 0. The molecule has 0 radical (unpaired) electrons. The Kier molecular flexibility index (Phi) is 11.4. The Morgan fingerprint density at radius 3 is 2.26 bits per heavy atom. The lowest BCUT2D eigenvalue weighted by atomic mass is 9.86. The van der Waals surface area contributed by atoms with Gasteiger partial charge >= 0.3 is 6.09 Å². The second-order valence-corrected chi connectivity index (χ2v) is 14.5. The van der Waals surface area contributed by atoms with Crippen LogP contribution in [0, 0.1) is 5.82 Å². The van der Waals surface area contributed by atoms with Crippen molar-refractivity contribution in [2.45, 2.75) is 57.7 Å². The molecule has 0 aliphatic carbocycles. The van der Waals surface area contributed by atoms with Crippen LogP contribution in [0.5, 0.6) is 0 Å². The number of likely N-dealkylation sites (tertiary alicyclic amines) is 1. The fourth-order valence-corrected chi connectivity index (χ4v) is 6.59. The number of aromatic nitrogens is 1. The van der Waals surface area contributed by atoms with E-state index < -0.39 is 17.6 Å². The van der Waals surface area contributed by atoms with Gasteiger partial charge in [-0.05, 0) is 105 Å². The van der Waals surface area contributed by atoms with E-state index in [2.05, 4.69) is 15.6 Å². The van der Waals surface area contributed by atoms with Crippen LogP contribution in [0.2, 0.25) is 0 Å². The minimum atomic E-state index is -0.962. The Morgan fingerprint density at radius 2 is 1.56 bits per heavy atom. The number of benzene rings is 4. The van der Waals surface area contributed by atoms with E-state index >= 15 is 0 Å². The smallest absolute Gasteiger partial charge is 0.410 e. The van der Waals surface area contributed by atoms with E-state index in [0.717, 1.165) is 11.1 Å². The quantitative estimate of drug-likeness (QED) is 0.159. The van der Waals surface area contributed by atoms with Crippen molar-refractivity contribution < 1.29 is 28.3 Å². The predicted molar refractivity (Wildman–Crippen MR) is 205 cm³/mol. The third-order valence-electron chi connectivity index (χ3n) is 9.35. The number of rotatable bonds is 9. The number of pyridine rings is 1. The first-order valence-corrected chi connectivity index (χ1v) is 18.0. The molecule has 54 heavy (non-hydrogen) atoms. The van der Waals surface area contributed by atoms with Crippen molar-refractivity contribution in [1.29, 1.82) is 0 Å². The number of carbonyl (C=O) groups excluding carboxylic acids is 4. The predicted octanol–water partition coefficient (Wildman–Crippen LogP) is 7.87. The molecule has 11 heteroatoms.